The van der Waals surface area contributed by atoms with Crippen LogP contribution >= 0.6 is 0 Å². The second-order valence-electron chi connectivity index (χ2n) is 4.86. The maximum absolute atomic E-state index is 4.72. The van der Waals surface area contributed by atoms with E-state index in [0.717, 1.165) is 22.2 Å². The van der Waals surface area contributed by atoms with E-state index in [9.17, 15) is 0 Å². The zero-order valence-electron chi connectivity index (χ0n) is 11.2. The topological polar surface area (TPSA) is 12.9 Å². The van der Waals surface area contributed by atoms with Gasteiger partial charge in [0.25, 0.3) is 0 Å². The fourth-order valence-corrected chi connectivity index (χ4v) is 2.49. The quantitative estimate of drug-likeness (QED) is 0.381. The molecule has 0 N–H and O–H groups in total. The van der Waals surface area contributed by atoms with Crippen LogP contribution in [0.2, 0.25) is 0 Å². The summed E-state index contributed by atoms with van der Waals surface area (Å²) < 4.78 is 0. The van der Waals surface area contributed by atoms with E-state index >= 15 is 0 Å². The molecule has 0 atom stereocenters. The van der Waals surface area contributed by atoms with Gasteiger partial charge in [0, 0.05) is 20.1 Å². The van der Waals surface area contributed by atoms with Crippen molar-refractivity contribution in [2.75, 3.05) is 0 Å². The van der Waals surface area contributed by atoms with Gasteiger partial charge < -0.3 is 0 Å². The van der Waals surface area contributed by atoms with Crippen LogP contribution in [0.15, 0.2) is 72.8 Å². The molecule has 0 aliphatic heterocycles. The molecule has 0 unspecified atom stereocenters. The van der Waals surface area contributed by atoms with E-state index in [1.807, 2.05) is 30.3 Å². The molecule has 103 valence electrons. The first-order valence-corrected chi connectivity index (χ1v) is 6.67. The van der Waals surface area contributed by atoms with E-state index in [4.69, 9.17) is 4.98 Å². The molecule has 1 aromatic heterocycles. The van der Waals surface area contributed by atoms with Gasteiger partial charge >= 0.3 is 0 Å². The maximum atomic E-state index is 4.72. The fraction of sp³-hybridized carbons (Fsp3) is 0. The monoisotopic (exact) mass is 447 g/mol. The maximum Gasteiger partial charge on any atom is 0.0595 e. The number of rotatable bonds is 1. The molecule has 4 aromatic rings. The molecule has 3 aromatic carbocycles. The van der Waals surface area contributed by atoms with Crippen molar-refractivity contribution in [1.82, 2.24) is 4.98 Å². The zero-order valence-corrected chi connectivity index (χ0v) is 13.6. The molecular formula is C19H12IrN-. The number of hydrogen-bond donors (Lipinski definition) is 0. The Morgan fingerprint density at radius 1 is 0.714 bits per heavy atom. The summed E-state index contributed by atoms with van der Waals surface area (Å²) in [7, 11) is 0. The van der Waals surface area contributed by atoms with Gasteiger partial charge in [-0.3, -0.25) is 4.98 Å². The van der Waals surface area contributed by atoms with E-state index < -0.39 is 0 Å². The smallest absolute Gasteiger partial charge is 0.0595 e. The predicted molar refractivity (Wildman–Crippen MR) is 83.5 cm³/mol. The second kappa shape index (κ2) is 5.77. The molecule has 0 spiro atoms. The van der Waals surface area contributed by atoms with Crippen molar-refractivity contribution < 1.29 is 20.1 Å². The Bertz CT molecular complexity index is 838. The van der Waals surface area contributed by atoms with Crippen LogP contribution < -0.4 is 0 Å². The molecule has 1 heterocycles. The van der Waals surface area contributed by atoms with E-state index in [1.165, 1.54) is 10.8 Å². The minimum absolute atomic E-state index is 0. The number of pyridine rings is 1. The largest absolute Gasteiger partial charge is 0.296 e. The van der Waals surface area contributed by atoms with Gasteiger partial charge in [0.1, 0.15) is 0 Å². The van der Waals surface area contributed by atoms with Crippen molar-refractivity contribution in [3.63, 3.8) is 0 Å². The molecule has 21 heavy (non-hydrogen) atoms. The third-order valence-electron chi connectivity index (χ3n) is 3.55. The van der Waals surface area contributed by atoms with E-state index in [0.29, 0.717) is 0 Å². The van der Waals surface area contributed by atoms with Crippen LogP contribution in [-0.2, 0) is 20.1 Å². The minimum Gasteiger partial charge on any atom is -0.296 e. The van der Waals surface area contributed by atoms with Crippen LogP contribution in [0.4, 0.5) is 0 Å². The summed E-state index contributed by atoms with van der Waals surface area (Å²) in [4.78, 5) is 4.72. The number of fused-ring (bicyclic) bond motifs is 2. The fourth-order valence-electron chi connectivity index (χ4n) is 2.49. The molecule has 2 heteroatoms. The second-order valence-corrected chi connectivity index (χ2v) is 4.86. The molecule has 0 aliphatic carbocycles. The molecule has 0 aliphatic rings. The molecular weight excluding hydrogens is 434 g/mol. The Morgan fingerprint density at radius 3 is 2.29 bits per heavy atom. The van der Waals surface area contributed by atoms with E-state index in [2.05, 4.69) is 48.5 Å². The number of aromatic nitrogens is 1. The van der Waals surface area contributed by atoms with Gasteiger partial charge in [-0.25, -0.2) is 0 Å². The van der Waals surface area contributed by atoms with Crippen LogP contribution in [0.3, 0.4) is 0 Å². The summed E-state index contributed by atoms with van der Waals surface area (Å²) in [5, 5.41) is 3.59. The first-order valence-electron chi connectivity index (χ1n) is 6.67. The Kier molecular flexibility index (Phi) is 3.83. The molecule has 0 amide bonds. The number of para-hydroxylation sites is 1. The minimum atomic E-state index is 0. The van der Waals surface area contributed by atoms with Crippen LogP contribution in [0.25, 0.3) is 32.9 Å². The average Bonchev–Trinajstić information content (AvgIpc) is 2.54. The summed E-state index contributed by atoms with van der Waals surface area (Å²) >= 11 is 0. The Hall–Kier alpha value is -2.02. The summed E-state index contributed by atoms with van der Waals surface area (Å²) in [6.07, 6.45) is 0. The van der Waals surface area contributed by atoms with Crippen molar-refractivity contribution in [1.29, 1.82) is 0 Å². The van der Waals surface area contributed by atoms with Crippen molar-refractivity contribution in [2.24, 2.45) is 0 Å². The van der Waals surface area contributed by atoms with Gasteiger partial charge in [-0.15, -0.1) is 29.1 Å². The van der Waals surface area contributed by atoms with Crippen molar-refractivity contribution >= 4 is 21.7 Å². The molecule has 0 fully saturated rings. The predicted octanol–water partition coefficient (Wildman–Crippen LogP) is 4.85. The first-order chi connectivity index (χ1) is 9.90. The summed E-state index contributed by atoms with van der Waals surface area (Å²) in [6, 6.07) is 28.2. The van der Waals surface area contributed by atoms with E-state index in [1.54, 1.807) is 0 Å². The van der Waals surface area contributed by atoms with Gasteiger partial charge in [-0.2, -0.15) is 0 Å². The van der Waals surface area contributed by atoms with Gasteiger partial charge in [0.2, 0.25) is 0 Å². The van der Waals surface area contributed by atoms with Crippen LogP contribution in [0.1, 0.15) is 0 Å². The third kappa shape index (κ3) is 2.61. The van der Waals surface area contributed by atoms with Crippen LogP contribution in [0.5, 0.6) is 0 Å². The normalized spacial score (nSPS) is 10.5. The third-order valence-corrected chi connectivity index (χ3v) is 3.55. The summed E-state index contributed by atoms with van der Waals surface area (Å²) in [5.74, 6) is 0. The summed E-state index contributed by atoms with van der Waals surface area (Å²) in [5.41, 5.74) is 3.02. The Balaban J connectivity index is 0.00000132. The van der Waals surface area contributed by atoms with Crippen LogP contribution in [-0.4, -0.2) is 4.98 Å². The van der Waals surface area contributed by atoms with Crippen molar-refractivity contribution in [3.05, 3.63) is 78.9 Å². The molecule has 4 rings (SSSR count). The summed E-state index contributed by atoms with van der Waals surface area (Å²) in [6.45, 7) is 0. The standard InChI is InChI=1S/C19H12N.Ir/c1-2-7-16-13-17(10-9-14(16)5-1)19-12-11-15-6-3-4-8-18(15)20-19;/h1-9,11-13H;/q-1;. The molecule has 0 saturated heterocycles. The number of benzene rings is 3. The van der Waals surface area contributed by atoms with Crippen molar-refractivity contribution in [3.8, 4) is 11.3 Å². The first kappa shape index (κ1) is 13.9. The Morgan fingerprint density at radius 2 is 1.43 bits per heavy atom. The SMILES string of the molecule is [Ir].[c-]1cc2ccccc2cc1-c1ccc2ccccc2n1. The number of nitrogens with zero attached hydrogens (tertiary/aromatic N) is 1. The molecule has 1 radical (unpaired) electrons. The molecule has 1 nitrogen and oxygen atoms in total. The molecule has 0 bridgehead atoms. The Labute approximate surface area is 137 Å². The van der Waals surface area contributed by atoms with Gasteiger partial charge in [0.05, 0.1) is 5.52 Å². The van der Waals surface area contributed by atoms with Gasteiger partial charge in [0.15, 0.2) is 0 Å². The van der Waals surface area contributed by atoms with Gasteiger partial charge in [-0.1, -0.05) is 60.0 Å². The number of hydrogen-bond acceptors (Lipinski definition) is 1. The van der Waals surface area contributed by atoms with Gasteiger partial charge in [-0.05, 0) is 17.1 Å². The molecule has 0 saturated carbocycles. The van der Waals surface area contributed by atoms with Crippen LogP contribution in [0, 0.1) is 6.07 Å². The zero-order chi connectivity index (χ0) is 13.4. The van der Waals surface area contributed by atoms with Crippen molar-refractivity contribution in [2.45, 2.75) is 0 Å². The average molecular weight is 447 g/mol. The van der Waals surface area contributed by atoms with E-state index in [-0.39, 0.29) is 20.1 Å².